The molecular weight excluding hydrogens is 394 g/mol. The van der Waals surface area contributed by atoms with Crippen molar-refractivity contribution >= 4 is 33.3 Å². The number of thiophene rings is 1. The zero-order valence-electron chi connectivity index (χ0n) is 15.9. The normalized spacial score (nSPS) is 11.5. The van der Waals surface area contributed by atoms with E-state index in [2.05, 4.69) is 55.3 Å². The molecule has 0 aliphatic heterocycles. The van der Waals surface area contributed by atoms with Crippen molar-refractivity contribution < 1.29 is 0 Å². The zero-order valence-corrected chi connectivity index (χ0v) is 16.7. The number of hydrogen-bond donors (Lipinski definition) is 2. The van der Waals surface area contributed by atoms with Crippen molar-refractivity contribution in [3.05, 3.63) is 66.1 Å². The minimum absolute atomic E-state index is 0.704. The lowest BCUT2D eigenvalue weighted by Gasteiger charge is -2.00. The number of rotatable bonds is 3. The first kappa shape index (κ1) is 17.0. The van der Waals surface area contributed by atoms with Crippen LogP contribution in [0.15, 0.2) is 61.2 Å². The molecule has 2 N–H and O–H groups in total. The first-order valence-electron chi connectivity index (χ1n) is 9.43. The summed E-state index contributed by atoms with van der Waals surface area (Å²) in [4.78, 5) is 23.8. The van der Waals surface area contributed by atoms with Crippen LogP contribution in [0, 0.1) is 6.92 Å². The molecule has 7 nitrogen and oxygen atoms in total. The number of nitrogens with zero attached hydrogens (tertiary/aromatic N) is 5. The number of aromatic amines is 2. The highest BCUT2D eigenvalue weighted by molar-refractivity contribution is 7.15. The zero-order chi connectivity index (χ0) is 20.1. The lowest BCUT2D eigenvalue weighted by molar-refractivity contribution is 1.11. The van der Waals surface area contributed by atoms with Crippen molar-refractivity contribution in [2.45, 2.75) is 6.92 Å². The molecule has 144 valence electrons. The number of hydrogen-bond acceptors (Lipinski definition) is 6. The van der Waals surface area contributed by atoms with Gasteiger partial charge in [-0.2, -0.15) is 5.10 Å². The van der Waals surface area contributed by atoms with Gasteiger partial charge in [0, 0.05) is 34.4 Å². The lowest BCUT2D eigenvalue weighted by atomic mass is 10.1. The van der Waals surface area contributed by atoms with Gasteiger partial charge in [0.05, 0.1) is 27.8 Å². The predicted octanol–water partition coefficient (Wildman–Crippen LogP) is 5.00. The van der Waals surface area contributed by atoms with E-state index in [-0.39, 0.29) is 0 Å². The first-order chi connectivity index (χ1) is 14.8. The third kappa shape index (κ3) is 2.69. The van der Waals surface area contributed by atoms with E-state index >= 15 is 0 Å². The number of nitrogens with one attached hydrogen (secondary N) is 2. The summed E-state index contributed by atoms with van der Waals surface area (Å²) in [7, 11) is 0. The molecule has 5 heterocycles. The second kappa shape index (κ2) is 6.57. The molecule has 6 rings (SSSR count). The summed E-state index contributed by atoms with van der Waals surface area (Å²) in [6.45, 7) is 2.09. The van der Waals surface area contributed by atoms with Crippen molar-refractivity contribution in [2.75, 3.05) is 0 Å². The Kier molecular flexibility index (Phi) is 3.72. The lowest BCUT2D eigenvalue weighted by Crippen LogP contribution is -1.85. The number of benzene rings is 1. The van der Waals surface area contributed by atoms with E-state index in [9.17, 15) is 0 Å². The second-order valence-electron chi connectivity index (χ2n) is 6.97. The van der Waals surface area contributed by atoms with Crippen LogP contribution in [0.4, 0.5) is 0 Å². The van der Waals surface area contributed by atoms with Crippen molar-refractivity contribution in [3.8, 4) is 33.3 Å². The van der Waals surface area contributed by atoms with E-state index in [0.717, 1.165) is 49.5 Å². The van der Waals surface area contributed by atoms with Crippen LogP contribution < -0.4 is 0 Å². The van der Waals surface area contributed by atoms with E-state index in [1.54, 1.807) is 29.9 Å². The Hall–Kier alpha value is -3.91. The fraction of sp³-hybridized carbons (Fsp3) is 0.0455. The summed E-state index contributed by atoms with van der Waals surface area (Å²) in [5.41, 5.74) is 6.15. The van der Waals surface area contributed by atoms with Crippen LogP contribution in [0.5, 0.6) is 0 Å². The van der Waals surface area contributed by atoms with Crippen molar-refractivity contribution in [3.63, 3.8) is 0 Å². The van der Waals surface area contributed by atoms with Crippen molar-refractivity contribution in [1.29, 1.82) is 0 Å². The highest BCUT2D eigenvalue weighted by Gasteiger charge is 2.17. The molecule has 5 aromatic heterocycles. The predicted molar refractivity (Wildman–Crippen MR) is 118 cm³/mol. The molecule has 0 radical (unpaired) electrons. The van der Waals surface area contributed by atoms with Crippen LogP contribution in [0.25, 0.3) is 55.3 Å². The molecule has 6 aromatic rings. The summed E-state index contributed by atoms with van der Waals surface area (Å²) in [6, 6.07) is 12.2. The molecule has 0 aliphatic rings. The van der Waals surface area contributed by atoms with Crippen LogP contribution in [0.2, 0.25) is 0 Å². The number of aromatic nitrogens is 7. The number of pyridine rings is 1. The van der Waals surface area contributed by atoms with Gasteiger partial charge in [-0.15, -0.1) is 11.3 Å². The third-order valence-electron chi connectivity index (χ3n) is 5.02. The van der Waals surface area contributed by atoms with Crippen LogP contribution >= 0.6 is 11.3 Å². The van der Waals surface area contributed by atoms with Gasteiger partial charge in [-0.05, 0) is 37.3 Å². The molecule has 0 bridgehead atoms. The average molecular weight is 409 g/mol. The molecule has 1 aromatic carbocycles. The molecule has 0 saturated carbocycles. The van der Waals surface area contributed by atoms with Crippen LogP contribution in [-0.2, 0) is 0 Å². The SMILES string of the molecule is Cc1ccc(-c2nccc3[nH]c(-c4n[nH]c5ccc(-c6cnccn6)cc45)nc23)s1. The molecule has 0 unspecified atom stereocenters. The monoisotopic (exact) mass is 409 g/mol. The molecule has 0 saturated heterocycles. The third-order valence-corrected chi connectivity index (χ3v) is 6.03. The van der Waals surface area contributed by atoms with Crippen LogP contribution in [0.3, 0.4) is 0 Å². The Morgan fingerprint density at radius 1 is 0.900 bits per heavy atom. The van der Waals surface area contributed by atoms with Crippen LogP contribution in [-0.4, -0.2) is 35.1 Å². The molecule has 0 amide bonds. The Bertz CT molecular complexity index is 1510. The molecular formula is C22H15N7S. The Balaban J connectivity index is 1.52. The second-order valence-corrected chi connectivity index (χ2v) is 8.26. The van der Waals surface area contributed by atoms with Crippen molar-refractivity contribution in [1.82, 2.24) is 35.1 Å². The topological polar surface area (TPSA) is 96.0 Å². The number of fused-ring (bicyclic) bond motifs is 2. The van der Waals surface area contributed by atoms with E-state index in [1.807, 2.05) is 24.4 Å². The fourth-order valence-electron chi connectivity index (χ4n) is 3.59. The molecule has 0 fully saturated rings. The molecule has 0 spiro atoms. The summed E-state index contributed by atoms with van der Waals surface area (Å²) in [6.07, 6.45) is 6.92. The van der Waals surface area contributed by atoms with Gasteiger partial charge in [0.2, 0.25) is 0 Å². The van der Waals surface area contributed by atoms with Gasteiger partial charge in [-0.25, -0.2) is 4.98 Å². The van der Waals surface area contributed by atoms with E-state index < -0.39 is 0 Å². The molecule has 0 aliphatic carbocycles. The summed E-state index contributed by atoms with van der Waals surface area (Å²) >= 11 is 1.71. The maximum absolute atomic E-state index is 4.87. The van der Waals surface area contributed by atoms with Crippen molar-refractivity contribution in [2.24, 2.45) is 0 Å². The highest BCUT2D eigenvalue weighted by Crippen LogP contribution is 2.34. The smallest absolute Gasteiger partial charge is 0.159 e. The van der Waals surface area contributed by atoms with Gasteiger partial charge in [-0.1, -0.05) is 6.07 Å². The average Bonchev–Trinajstić information content (AvgIpc) is 3.51. The Morgan fingerprint density at radius 3 is 2.70 bits per heavy atom. The largest absolute Gasteiger partial charge is 0.336 e. The maximum atomic E-state index is 4.87. The van der Waals surface area contributed by atoms with Crippen LogP contribution in [0.1, 0.15) is 4.88 Å². The Labute approximate surface area is 174 Å². The number of H-pyrrole nitrogens is 2. The minimum atomic E-state index is 0.704. The van der Waals surface area contributed by atoms with Gasteiger partial charge in [0.15, 0.2) is 5.82 Å². The van der Waals surface area contributed by atoms with Gasteiger partial charge in [0.25, 0.3) is 0 Å². The standard InChI is InChI=1S/C22H15N7S/c1-12-2-5-18(30-12)21-20-16(6-7-25-21)26-22(27-20)19-14-10-13(3-4-15(14)28-29-19)17-11-23-8-9-24-17/h2-11H,1H3,(H,26,27)(H,28,29). The molecule has 30 heavy (non-hydrogen) atoms. The maximum Gasteiger partial charge on any atom is 0.159 e. The van der Waals surface area contributed by atoms with E-state index in [1.165, 1.54) is 4.88 Å². The number of imidazole rings is 1. The summed E-state index contributed by atoms with van der Waals surface area (Å²) in [5, 5.41) is 8.60. The number of aryl methyl sites for hydroxylation is 1. The molecule has 0 atom stereocenters. The highest BCUT2D eigenvalue weighted by atomic mass is 32.1. The van der Waals surface area contributed by atoms with E-state index in [0.29, 0.717) is 5.82 Å². The first-order valence-corrected chi connectivity index (χ1v) is 10.2. The molecule has 8 heteroatoms. The van der Waals surface area contributed by atoms with Gasteiger partial charge in [0.1, 0.15) is 16.9 Å². The quantitative estimate of drug-likeness (QED) is 0.429. The van der Waals surface area contributed by atoms with Gasteiger partial charge < -0.3 is 4.98 Å². The minimum Gasteiger partial charge on any atom is -0.336 e. The summed E-state index contributed by atoms with van der Waals surface area (Å²) < 4.78 is 0. The van der Waals surface area contributed by atoms with E-state index in [4.69, 9.17) is 4.98 Å². The summed E-state index contributed by atoms with van der Waals surface area (Å²) in [5.74, 6) is 0.704. The van der Waals surface area contributed by atoms with Gasteiger partial charge in [-0.3, -0.25) is 20.1 Å². The van der Waals surface area contributed by atoms with Gasteiger partial charge >= 0.3 is 0 Å². The Morgan fingerprint density at radius 2 is 1.87 bits per heavy atom. The fourth-order valence-corrected chi connectivity index (χ4v) is 4.46.